The molecule has 0 bridgehead atoms. The van der Waals surface area contributed by atoms with Crippen molar-refractivity contribution < 1.29 is 21.6 Å². The number of halogens is 3. The van der Waals surface area contributed by atoms with Crippen LogP contribution in [0.2, 0.25) is 0 Å². The van der Waals surface area contributed by atoms with E-state index >= 15 is 0 Å². The lowest BCUT2D eigenvalue weighted by molar-refractivity contribution is 0.449. The molecular weight excluding hydrogens is 309 g/mol. The highest BCUT2D eigenvalue weighted by Crippen LogP contribution is 2.22. The average molecular weight is 318 g/mol. The fourth-order valence-corrected chi connectivity index (χ4v) is 2.44. The molecule has 0 spiro atoms. The molecule has 0 radical (unpaired) electrons. The molecule has 0 saturated carbocycles. The normalized spacial score (nSPS) is 11.2. The summed E-state index contributed by atoms with van der Waals surface area (Å²) in [5.74, 6) is 0.473. The van der Waals surface area contributed by atoms with Gasteiger partial charge in [-0.1, -0.05) is 0 Å². The highest BCUT2D eigenvalue weighted by molar-refractivity contribution is 7.92. The van der Waals surface area contributed by atoms with Gasteiger partial charge in [-0.25, -0.2) is 32.4 Å². The highest BCUT2D eigenvalue weighted by atomic mass is 32.2. The summed E-state index contributed by atoms with van der Waals surface area (Å²) < 4.78 is 65.0. The molecule has 2 rings (SSSR count). The van der Waals surface area contributed by atoms with E-state index in [1.165, 1.54) is 6.07 Å². The smallest absolute Gasteiger partial charge is 0.263 e. The SMILES string of the molecule is NNc1ccc(S(=O)(=O)Nc2ccc(F)c(F)c2F)cn1. The molecule has 0 amide bonds. The van der Waals surface area contributed by atoms with E-state index in [4.69, 9.17) is 5.84 Å². The lowest BCUT2D eigenvalue weighted by Crippen LogP contribution is -2.15. The maximum Gasteiger partial charge on any atom is 0.263 e. The van der Waals surface area contributed by atoms with E-state index in [0.29, 0.717) is 6.07 Å². The standard InChI is InChI=1S/C11H9F3N4O2S/c12-7-2-3-8(11(14)10(7)13)18-21(19,20)6-1-4-9(17-15)16-5-6/h1-5,18H,15H2,(H,16,17). The van der Waals surface area contributed by atoms with Crippen LogP contribution in [0.3, 0.4) is 0 Å². The highest BCUT2D eigenvalue weighted by Gasteiger charge is 2.20. The van der Waals surface area contributed by atoms with Gasteiger partial charge < -0.3 is 5.43 Å². The number of rotatable bonds is 4. The number of benzene rings is 1. The van der Waals surface area contributed by atoms with Crippen LogP contribution >= 0.6 is 0 Å². The van der Waals surface area contributed by atoms with Crippen molar-refractivity contribution in [1.29, 1.82) is 0 Å². The summed E-state index contributed by atoms with van der Waals surface area (Å²) >= 11 is 0. The number of hydrazine groups is 1. The van der Waals surface area contributed by atoms with Gasteiger partial charge in [0.15, 0.2) is 17.5 Å². The monoisotopic (exact) mass is 318 g/mol. The van der Waals surface area contributed by atoms with E-state index in [1.807, 2.05) is 4.72 Å². The molecule has 21 heavy (non-hydrogen) atoms. The molecule has 1 aromatic carbocycles. The van der Waals surface area contributed by atoms with Gasteiger partial charge in [-0.15, -0.1) is 0 Å². The minimum atomic E-state index is -4.20. The Morgan fingerprint density at radius 3 is 2.33 bits per heavy atom. The second kappa shape index (κ2) is 5.58. The van der Waals surface area contributed by atoms with Crippen LogP contribution in [0.5, 0.6) is 0 Å². The van der Waals surface area contributed by atoms with Crippen LogP contribution in [0, 0.1) is 17.5 Å². The van der Waals surface area contributed by atoms with Gasteiger partial charge in [-0.3, -0.25) is 4.72 Å². The lowest BCUT2D eigenvalue weighted by Gasteiger charge is -2.09. The molecular formula is C11H9F3N4O2S. The maximum absolute atomic E-state index is 13.4. The quantitative estimate of drug-likeness (QED) is 0.452. The first-order valence-corrected chi connectivity index (χ1v) is 6.92. The Bertz CT molecular complexity index is 766. The van der Waals surface area contributed by atoms with Crippen LogP contribution in [0.15, 0.2) is 35.4 Å². The van der Waals surface area contributed by atoms with Gasteiger partial charge in [0.2, 0.25) is 0 Å². The molecule has 1 aromatic heterocycles. The number of aromatic nitrogens is 1. The minimum absolute atomic E-state index is 0.216. The Balaban J connectivity index is 2.35. The predicted molar refractivity (Wildman–Crippen MR) is 69.2 cm³/mol. The third-order valence-corrected chi connectivity index (χ3v) is 3.82. The molecule has 0 aliphatic carbocycles. The third kappa shape index (κ3) is 3.06. The number of hydrogen-bond acceptors (Lipinski definition) is 5. The summed E-state index contributed by atoms with van der Waals surface area (Å²) in [6.45, 7) is 0. The number of hydrogen-bond donors (Lipinski definition) is 3. The second-order valence-electron chi connectivity index (χ2n) is 3.85. The van der Waals surface area contributed by atoms with Gasteiger partial charge >= 0.3 is 0 Å². The topological polar surface area (TPSA) is 97.1 Å². The molecule has 0 aliphatic heterocycles. The molecule has 0 atom stereocenters. The first kappa shape index (κ1) is 15.1. The number of nitrogens with one attached hydrogen (secondary N) is 2. The van der Waals surface area contributed by atoms with Gasteiger partial charge in [0.25, 0.3) is 10.0 Å². The molecule has 1 heterocycles. The Morgan fingerprint density at radius 1 is 1.05 bits per heavy atom. The van der Waals surface area contributed by atoms with Crippen molar-refractivity contribution >= 4 is 21.5 Å². The van der Waals surface area contributed by atoms with E-state index in [1.54, 1.807) is 0 Å². The molecule has 0 aliphatic rings. The summed E-state index contributed by atoms with van der Waals surface area (Å²) in [4.78, 5) is 3.38. The van der Waals surface area contributed by atoms with Crippen molar-refractivity contribution in [2.45, 2.75) is 4.90 Å². The largest absolute Gasteiger partial charge is 0.308 e. The molecule has 0 saturated heterocycles. The molecule has 0 unspecified atom stereocenters. The Labute approximate surface area is 117 Å². The zero-order chi connectivity index (χ0) is 15.6. The molecule has 0 fully saturated rings. The van der Waals surface area contributed by atoms with E-state index < -0.39 is 33.2 Å². The van der Waals surface area contributed by atoms with Crippen molar-refractivity contribution in [2.75, 3.05) is 10.1 Å². The van der Waals surface area contributed by atoms with Crippen molar-refractivity contribution in [3.63, 3.8) is 0 Å². The first-order chi connectivity index (χ1) is 9.85. The first-order valence-electron chi connectivity index (χ1n) is 5.44. The lowest BCUT2D eigenvalue weighted by atomic mass is 10.3. The molecule has 2 aromatic rings. The zero-order valence-corrected chi connectivity index (χ0v) is 11.1. The molecule has 4 N–H and O–H groups in total. The fourth-order valence-electron chi connectivity index (χ4n) is 1.43. The molecule has 10 heteroatoms. The van der Waals surface area contributed by atoms with Crippen molar-refractivity contribution in [2.24, 2.45) is 5.84 Å². The molecule has 112 valence electrons. The predicted octanol–water partition coefficient (Wildman–Crippen LogP) is 1.59. The number of nitrogen functional groups attached to an aromatic ring is 1. The van der Waals surface area contributed by atoms with E-state index in [0.717, 1.165) is 18.3 Å². The van der Waals surface area contributed by atoms with Gasteiger partial charge in [0.1, 0.15) is 10.7 Å². The van der Waals surface area contributed by atoms with Gasteiger partial charge in [0, 0.05) is 6.20 Å². The van der Waals surface area contributed by atoms with Gasteiger partial charge in [-0.2, -0.15) is 0 Å². The molecule has 6 nitrogen and oxygen atoms in total. The summed E-state index contributed by atoms with van der Waals surface area (Å²) in [6, 6.07) is 3.81. The van der Waals surface area contributed by atoms with E-state index in [-0.39, 0.29) is 10.7 Å². The Hall–Kier alpha value is -2.33. The third-order valence-electron chi connectivity index (χ3n) is 2.47. The van der Waals surface area contributed by atoms with Crippen LogP contribution in [-0.4, -0.2) is 13.4 Å². The van der Waals surface area contributed by atoms with Crippen LogP contribution in [-0.2, 0) is 10.0 Å². The summed E-state index contributed by atoms with van der Waals surface area (Å²) in [6.07, 6.45) is 0.968. The van der Waals surface area contributed by atoms with Crippen LogP contribution in [0.4, 0.5) is 24.7 Å². The Kier molecular flexibility index (Phi) is 4.00. The fraction of sp³-hybridized carbons (Fsp3) is 0. The van der Waals surface area contributed by atoms with Crippen molar-refractivity contribution in [3.05, 3.63) is 47.9 Å². The van der Waals surface area contributed by atoms with E-state index in [9.17, 15) is 21.6 Å². The van der Waals surface area contributed by atoms with Gasteiger partial charge in [-0.05, 0) is 24.3 Å². The number of nitrogens with two attached hydrogens (primary N) is 1. The number of sulfonamides is 1. The van der Waals surface area contributed by atoms with Crippen molar-refractivity contribution in [3.8, 4) is 0 Å². The van der Waals surface area contributed by atoms with Crippen LogP contribution in [0.25, 0.3) is 0 Å². The maximum atomic E-state index is 13.4. The number of nitrogens with zero attached hydrogens (tertiary/aromatic N) is 1. The summed E-state index contributed by atoms with van der Waals surface area (Å²) in [5, 5.41) is 0. The van der Waals surface area contributed by atoms with E-state index in [2.05, 4.69) is 10.4 Å². The summed E-state index contributed by atoms with van der Waals surface area (Å²) in [7, 11) is -4.20. The minimum Gasteiger partial charge on any atom is -0.308 e. The van der Waals surface area contributed by atoms with Crippen LogP contribution in [0.1, 0.15) is 0 Å². The van der Waals surface area contributed by atoms with Crippen LogP contribution < -0.4 is 16.0 Å². The summed E-state index contributed by atoms with van der Waals surface area (Å²) in [5.41, 5.74) is 1.49. The zero-order valence-electron chi connectivity index (χ0n) is 10.3. The second-order valence-corrected chi connectivity index (χ2v) is 5.53. The Morgan fingerprint density at radius 2 is 1.76 bits per heavy atom. The average Bonchev–Trinajstić information content (AvgIpc) is 2.48. The number of pyridine rings is 1. The van der Waals surface area contributed by atoms with Crippen molar-refractivity contribution in [1.82, 2.24) is 4.98 Å². The van der Waals surface area contributed by atoms with Gasteiger partial charge in [0.05, 0.1) is 5.69 Å². The number of anilines is 2.